The van der Waals surface area contributed by atoms with Crippen LogP contribution in [0.3, 0.4) is 0 Å². The van der Waals surface area contributed by atoms with Crippen LogP contribution in [0.2, 0.25) is 0 Å². The molecule has 5 heteroatoms. The van der Waals surface area contributed by atoms with Crippen LogP contribution in [0.25, 0.3) is 0 Å². The Labute approximate surface area is 122 Å². The molecule has 5 nitrogen and oxygen atoms in total. The molecular weight excluding hydrogens is 270 g/mol. The van der Waals surface area contributed by atoms with Crippen LogP contribution in [0.5, 0.6) is 11.5 Å². The zero-order chi connectivity index (χ0) is 15.2. The highest BCUT2D eigenvalue weighted by molar-refractivity contribution is 6.03. The van der Waals surface area contributed by atoms with E-state index in [1.54, 1.807) is 30.3 Å². The number of phenolic OH excluding ortho intramolecular Hbond substituents is 1. The Morgan fingerprint density at radius 3 is 2.48 bits per heavy atom. The van der Waals surface area contributed by atoms with E-state index in [0.717, 1.165) is 0 Å². The van der Waals surface area contributed by atoms with Gasteiger partial charge in [-0.15, -0.1) is 0 Å². The lowest BCUT2D eigenvalue weighted by molar-refractivity contribution is 0.0902. The Bertz CT molecular complexity index is 653. The average Bonchev–Trinajstić information content (AvgIpc) is 2.52. The van der Waals surface area contributed by atoms with Crippen molar-refractivity contribution < 1.29 is 19.4 Å². The predicted molar refractivity (Wildman–Crippen MR) is 77.8 cm³/mol. The minimum atomic E-state index is -0.514. The van der Waals surface area contributed by atoms with E-state index in [4.69, 9.17) is 4.74 Å². The zero-order valence-corrected chi connectivity index (χ0v) is 11.5. The van der Waals surface area contributed by atoms with Crippen molar-refractivity contribution in [2.24, 2.45) is 0 Å². The van der Waals surface area contributed by atoms with Gasteiger partial charge in [0.25, 0.3) is 5.91 Å². The minimum absolute atomic E-state index is 0.0941. The van der Waals surface area contributed by atoms with E-state index in [1.165, 1.54) is 19.2 Å². The number of Topliss-reactive ketones (excluding diaryl/α,β-unsaturated/α-hetero) is 1. The third-order valence-corrected chi connectivity index (χ3v) is 2.95. The molecule has 2 N–H and O–H groups in total. The van der Waals surface area contributed by atoms with Crippen molar-refractivity contribution in [1.29, 1.82) is 0 Å². The van der Waals surface area contributed by atoms with Gasteiger partial charge in [-0.3, -0.25) is 9.59 Å². The Morgan fingerprint density at radius 2 is 1.86 bits per heavy atom. The van der Waals surface area contributed by atoms with Gasteiger partial charge in [-0.05, 0) is 12.1 Å². The number of amides is 1. The number of phenols is 1. The minimum Gasteiger partial charge on any atom is -0.507 e. The first kappa shape index (κ1) is 14.6. The number of hydrogen-bond donors (Lipinski definition) is 2. The van der Waals surface area contributed by atoms with E-state index in [1.807, 2.05) is 6.07 Å². The number of aromatic hydroxyl groups is 1. The quantitative estimate of drug-likeness (QED) is 0.824. The highest BCUT2D eigenvalue weighted by atomic mass is 16.5. The Kier molecular flexibility index (Phi) is 4.56. The lowest BCUT2D eigenvalue weighted by Crippen LogP contribution is -2.29. The summed E-state index contributed by atoms with van der Waals surface area (Å²) in [7, 11) is 1.47. The highest BCUT2D eigenvalue weighted by Gasteiger charge is 2.13. The first-order valence-electron chi connectivity index (χ1n) is 6.35. The molecule has 0 aliphatic carbocycles. The molecule has 0 unspecified atom stereocenters. The number of methoxy groups -OCH3 is 1. The summed E-state index contributed by atoms with van der Waals surface area (Å²) >= 11 is 0. The summed E-state index contributed by atoms with van der Waals surface area (Å²) in [6, 6.07) is 13.0. The topological polar surface area (TPSA) is 75.6 Å². The first-order chi connectivity index (χ1) is 10.1. The lowest BCUT2D eigenvalue weighted by Gasteiger charge is -2.08. The van der Waals surface area contributed by atoms with Crippen LogP contribution >= 0.6 is 0 Å². The summed E-state index contributed by atoms with van der Waals surface area (Å²) in [6.07, 6.45) is 0. The van der Waals surface area contributed by atoms with Gasteiger partial charge >= 0.3 is 0 Å². The normalized spacial score (nSPS) is 9.95. The SMILES string of the molecule is COc1ccc(C(=O)NCC(=O)c2ccccc2)c(O)c1. The molecule has 2 aromatic carbocycles. The summed E-state index contributed by atoms with van der Waals surface area (Å²) in [4.78, 5) is 23.8. The maximum Gasteiger partial charge on any atom is 0.255 e. The molecule has 21 heavy (non-hydrogen) atoms. The largest absolute Gasteiger partial charge is 0.507 e. The molecule has 1 amide bonds. The first-order valence-corrected chi connectivity index (χ1v) is 6.35. The average molecular weight is 285 g/mol. The van der Waals surface area contributed by atoms with Gasteiger partial charge < -0.3 is 15.2 Å². The third kappa shape index (κ3) is 3.60. The van der Waals surface area contributed by atoms with Crippen molar-refractivity contribution >= 4 is 11.7 Å². The Balaban J connectivity index is 2.01. The summed E-state index contributed by atoms with van der Waals surface area (Å²) in [6.45, 7) is -0.131. The second-order valence-electron chi connectivity index (χ2n) is 4.35. The fourth-order valence-corrected chi connectivity index (χ4v) is 1.81. The van der Waals surface area contributed by atoms with Crippen molar-refractivity contribution in [2.75, 3.05) is 13.7 Å². The van der Waals surface area contributed by atoms with Gasteiger partial charge in [-0.1, -0.05) is 30.3 Å². The molecule has 0 radical (unpaired) electrons. The van der Waals surface area contributed by atoms with Gasteiger partial charge in [0, 0.05) is 11.6 Å². The van der Waals surface area contributed by atoms with Gasteiger partial charge in [0.1, 0.15) is 11.5 Å². The summed E-state index contributed by atoms with van der Waals surface area (Å²) < 4.78 is 4.94. The molecule has 0 saturated heterocycles. The van der Waals surface area contributed by atoms with Crippen LogP contribution in [0.1, 0.15) is 20.7 Å². The number of ketones is 1. The van der Waals surface area contributed by atoms with Crippen molar-refractivity contribution in [1.82, 2.24) is 5.32 Å². The second kappa shape index (κ2) is 6.56. The molecule has 0 atom stereocenters. The number of rotatable bonds is 5. The fourth-order valence-electron chi connectivity index (χ4n) is 1.81. The monoisotopic (exact) mass is 285 g/mol. The third-order valence-electron chi connectivity index (χ3n) is 2.95. The van der Waals surface area contributed by atoms with Crippen LogP contribution in [-0.4, -0.2) is 30.5 Å². The molecule has 0 aromatic heterocycles. The maximum absolute atomic E-state index is 11.9. The van der Waals surface area contributed by atoms with Gasteiger partial charge in [0.15, 0.2) is 5.78 Å². The van der Waals surface area contributed by atoms with E-state index >= 15 is 0 Å². The Morgan fingerprint density at radius 1 is 1.14 bits per heavy atom. The van der Waals surface area contributed by atoms with Crippen molar-refractivity contribution in [3.8, 4) is 11.5 Å². The molecule has 0 saturated carbocycles. The van der Waals surface area contributed by atoms with Gasteiger partial charge in [-0.25, -0.2) is 0 Å². The number of nitrogens with one attached hydrogen (secondary N) is 1. The molecule has 0 aliphatic rings. The smallest absolute Gasteiger partial charge is 0.255 e. The Hall–Kier alpha value is -2.82. The molecule has 0 fully saturated rings. The van der Waals surface area contributed by atoms with Crippen LogP contribution < -0.4 is 10.1 Å². The van der Waals surface area contributed by atoms with E-state index in [0.29, 0.717) is 11.3 Å². The summed E-state index contributed by atoms with van der Waals surface area (Å²) in [5.74, 6) is -0.459. The van der Waals surface area contributed by atoms with Crippen LogP contribution in [-0.2, 0) is 0 Å². The number of ether oxygens (including phenoxy) is 1. The van der Waals surface area contributed by atoms with Crippen LogP contribution in [0.4, 0.5) is 0 Å². The second-order valence-corrected chi connectivity index (χ2v) is 4.35. The lowest BCUT2D eigenvalue weighted by atomic mass is 10.1. The molecule has 0 aliphatic heterocycles. The molecule has 0 spiro atoms. The number of carbonyl (C=O) groups excluding carboxylic acids is 2. The van der Waals surface area contributed by atoms with Gasteiger partial charge in [-0.2, -0.15) is 0 Å². The summed E-state index contributed by atoms with van der Waals surface area (Å²) in [5, 5.41) is 12.2. The van der Waals surface area contributed by atoms with Gasteiger partial charge in [0.05, 0.1) is 19.2 Å². The predicted octanol–water partition coefficient (Wildman–Crippen LogP) is 2.01. The maximum atomic E-state index is 11.9. The number of carbonyl (C=O) groups is 2. The van der Waals surface area contributed by atoms with Crippen molar-refractivity contribution in [3.05, 3.63) is 59.7 Å². The van der Waals surface area contributed by atoms with Crippen LogP contribution in [0, 0.1) is 0 Å². The number of benzene rings is 2. The van der Waals surface area contributed by atoms with Gasteiger partial charge in [0.2, 0.25) is 0 Å². The fraction of sp³-hybridized carbons (Fsp3) is 0.125. The van der Waals surface area contributed by atoms with E-state index < -0.39 is 5.91 Å². The molecule has 0 heterocycles. The standard InChI is InChI=1S/C16H15NO4/c1-21-12-7-8-13(14(18)9-12)16(20)17-10-15(19)11-5-3-2-4-6-11/h2-9,18H,10H2,1H3,(H,17,20). The van der Waals surface area contributed by atoms with E-state index in [2.05, 4.69) is 5.32 Å². The molecule has 0 bridgehead atoms. The van der Waals surface area contributed by atoms with E-state index in [-0.39, 0.29) is 23.6 Å². The molecular formula is C16H15NO4. The molecule has 2 aromatic rings. The van der Waals surface area contributed by atoms with Crippen molar-refractivity contribution in [3.63, 3.8) is 0 Å². The summed E-state index contributed by atoms with van der Waals surface area (Å²) in [5.41, 5.74) is 0.619. The highest BCUT2D eigenvalue weighted by Crippen LogP contribution is 2.23. The number of hydrogen-bond acceptors (Lipinski definition) is 4. The van der Waals surface area contributed by atoms with Crippen LogP contribution in [0.15, 0.2) is 48.5 Å². The zero-order valence-electron chi connectivity index (χ0n) is 11.5. The molecule has 108 valence electrons. The van der Waals surface area contributed by atoms with E-state index in [9.17, 15) is 14.7 Å². The van der Waals surface area contributed by atoms with Crippen molar-refractivity contribution in [2.45, 2.75) is 0 Å². The molecule has 2 rings (SSSR count).